The minimum Gasteiger partial charge on any atom is -0.339 e. The molecular formula is C9H13N3O. The van der Waals surface area contributed by atoms with Gasteiger partial charge in [0.1, 0.15) is 0 Å². The Kier molecular flexibility index (Phi) is 3.97. The van der Waals surface area contributed by atoms with Crippen LogP contribution in [0.5, 0.6) is 0 Å². The van der Waals surface area contributed by atoms with Gasteiger partial charge in [0.2, 0.25) is 5.89 Å². The van der Waals surface area contributed by atoms with E-state index in [2.05, 4.69) is 17.1 Å². The van der Waals surface area contributed by atoms with Gasteiger partial charge in [0, 0.05) is 19.3 Å². The van der Waals surface area contributed by atoms with Crippen molar-refractivity contribution in [1.29, 1.82) is 5.26 Å². The fraction of sp³-hybridized carbons (Fsp3) is 0.667. The second kappa shape index (κ2) is 5.31. The largest absolute Gasteiger partial charge is 0.339 e. The zero-order valence-electron chi connectivity index (χ0n) is 7.79. The highest BCUT2D eigenvalue weighted by Crippen LogP contribution is 2.03. The summed E-state index contributed by atoms with van der Waals surface area (Å²) in [5.41, 5.74) is 0. The number of aryl methyl sites for hydroxylation is 2. The van der Waals surface area contributed by atoms with E-state index >= 15 is 0 Å². The number of unbranched alkanes of at least 4 members (excludes halogenated alkanes) is 1. The van der Waals surface area contributed by atoms with Gasteiger partial charge in [0.15, 0.2) is 5.82 Å². The highest BCUT2D eigenvalue weighted by molar-refractivity contribution is 4.88. The fourth-order valence-electron chi connectivity index (χ4n) is 0.991. The third-order valence-electron chi connectivity index (χ3n) is 1.71. The Morgan fingerprint density at radius 3 is 3.00 bits per heavy atom. The van der Waals surface area contributed by atoms with Gasteiger partial charge in [0.05, 0.1) is 6.07 Å². The molecule has 0 aromatic carbocycles. The third kappa shape index (κ3) is 3.24. The van der Waals surface area contributed by atoms with Gasteiger partial charge in [-0.05, 0) is 6.42 Å². The Labute approximate surface area is 77.6 Å². The molecule has 1 rings (SSSR count). The maximum atomic E-state index is 8.34. The second-order valence-electron chi connectivity index (χ2n) is 2.87. The van der Waals surface area contributed by atoms with Gasteiger partial charge in [-0.3, -0.25) is 0 Å². The summed E-state index contributed by atoms with van der Waals surface area (Å²) < 4.78 is 4.95. The van der Waals surface area contributed by atoms with Gasteiger partial charge >= 0.3 is 0 Å². The lowest BCUT2D eigenvalue weighted by atomic mass is 10.2. The summed E-state index contributed by atoms with van der Waals surface area (Å²) in [6.07, 6.45) is 4.08. The first-order valence-corrected chi connectivity index (χ1v) is 4.55. The van der Waals surface area contributed by atoms with Crippen LogP contribution in [0, 0.1) is 11.3 Å². The van der Waals surface area contributed by atoms with Crippen molar-refractivity contribution in [3.05, 3.63) is 11.7 Å². The van der Waals surface area contributed by atoms with Crippen LogP contribution in [0.15, 0.2) is 4.52 Å². The van der Waals surface area contributed by atoms with E-state index in [9.17, 15) is 0 Å². The van der Waals surface area contributed by atoms with Crippen LogP contribution < -0.4 is 0 Å². The van der Waals surface area contributed by atoms with E-state index in [1.54, 1.807) is 0 Å². The molecule has 0 spiro atoms. The van der Waals surface area contributed by atoms with E-state index in [0.29, 0.717) is 18.7 Å². The van der Waals surface area contributed by atoms with E-state index in [1.165, 1.54) is 0 Å². The summed E-state index contributed by atoms with van der Waals surface area (Å²) in [6.45, 7) is 2.12. The summed E-state index contributed by atoms with van der Waals surface area (Å²) in [7, 11) is 0. The van der Waals surface area contributed by atoms with Crippen molar-refractivity contribution in [2.24, 2.45) is 0 Å². The molecule has 0 bridgehead atoms. The lowest BCUT2D eigenvalue weighted by Gasteiger charge is -1.87. The molecule has 0 amide bonds. The zero-order chi connectivity index (χ0) is 9.52. The van der Waals surface area contributed by atoms with Crippen molar-refractivity contribution >= 4 is 0 Å². The molecule has 70 valence electrons. The van der Waals surface area contributed by atoms with Gasteiger partial charge in [-0.15, -0.1) is 0 Å². The van der Waals surface area contributed by atoms with Crippen molar-refractivity contribution in [1.82, 2.24) is 10.1 Å². The molecule has 0 saturated heterocycles. The van der Waals surface area contributed by atoms with Crippen LogP contribution in [-0.2, 0) is 12.8 Å². The molecular weight excluding hydrogens is 166 g/mol. The van der Waals surface area contributed by atoms with Crippen LogP contribution >= 0.6 is 0 Å². The molecule has 13 heavy (non-hydrogen) atoms. The summed E-state index contributed by atoms with van der Waals surface area (Å²) >= 11 is 0. The van der Waals surface area contributed by atoms with Crippen LogP contribution in [0.1, 0.15) is 37.9 Å². The van der Waals surface area contributed by atoms with E-state index in [0.717, 1.165) is 25.1 Å². The molecule has 1 aromatic rings. The summed E-state index contributed by atoms with van der Waals surface area (Å²) in [6, 6.07) is 2.04. The first kappa shape index (κ1) is 9.72. The fourth-order valence-corrected chi connectivity index (χ4v) is 0.991. The first-order valence-electron chi connectivity index (χ1n) is 4.55. The number of rotatable bonds is 5. The van der Waals surface area contributed by atoms with Crippen LogP contribution in [-0.4, -0.2) is 10.1 Å². The molecule has 4 nitrogen and oxygen atoms in total. The van der Waals surface area contributed by atoms with E-state index in [1.807, 2.05) is 6.07 Å². The van der Waals surface area contributed by atoms with E-state index < -0.39 is 0 Å². The summed E-state index contributed by atoms with van der Waals surface area (Å²) in [4.78, 5) is 4.16. The molecule has 0 atom stereocenters. The SMILES string of the molecule is CCCCc1noc(CCC#N)n1. The van der Waals surface area contributed by atoms with E-state index in [4.69, 9.17) is 9.78 Å². The van der Waals surface area contributed by atoms with Crippen molar-refractivity contribution in [2.45, 2.75) is 39.0 Å². The van der Waals surface area contributed by atoms with Gasteiger partial charge in [-0.1, -0.05) is 18.5 Å². The van der Waals surface area contributed by atoms with E-state index in [-0.39, 0.29) is 0 Å². The predicted molar refractivity (Wildman–Crippen MR) is 46.8 cm³/mol. The lowest BCUT2D eigenvalue weighted by molar-refractivity contribution is 0.373. The molecule has 0 aliphatic heterocycles. The topological polar surface area (TPSA) is 62.7 Å². The quantitative estimate of drug-likeness (QED) is 0.692. The number of nitriles is 1. The third-order valence-corrected chi connectivity index (χ3v) is 1.71. The van der Waals surface area contributed by atoms with Gasteiger partial charge in [0.25, 0.3) is 0 Å². The monoisotopic (exact) mass is 179 g/mol. The number of hydrogen-bond acceptors (Lipinski definition) is 4. The van der Waals surface area contributed by atoms with Gasteiger partial charge in [-0.25, -0.2) is 0 Å². The van der Waals surface area contributed by atoms with Crippen molar-refractivity contribution in [3.63, 3.8) is 0 Å². The molecule has 0 fully saturated rings. The highest BCUT2D eigenvalue weighted by Gasteiger charge is 2.04. The van der Waals surface area contributed by atoms with Crippen molar-refractivity contribution < 1.29 is 4.52 Å². The van der Waals surface area contributed by atoms with Crippen LogP contribution in [0.4, 0.5) is 0 Å². The standard InChI is InChI=1S/C9H13N3O/c1-2-3-5-8-11-9(13-12-8)6-4-7-10/h2-6H2,1H3. The maximum absolute atomic E-state index is 8.34. The summed E-state index contributed by atoms with van der Waals surface area (Å²) in [5, 5.41) is 12.1. The molecule has 1 heterocycles. The average molecular weight is 179 g/mol. The average Bonchev–Trinajstić information content (AvgIpc) is 2.59. The number of aromatic nitrogens is 2. The molecule has 0 aliphatic carbocycles. The molecule has 0 N–H and O–H groups in total. The van der Waals surface area contributed by atoms with Crippen molar-refractivity contribution in [2.75, 3.05) is 0 Å². The molecule has 0 saturated carbocycles. The molecule has 0 unspecified atom stereocenters. The minimum atomic E-state index is 0.440. The Bertz CT molecular complexity index is 287. The molecule has 0 aliphatic rings. The van der Waals surface area contributed by atoms with Crippen molar-refractivity contribution in [3.8, 4) is 6.07 Å². The molecule has 0 radical (unpaired) electrons. The Hall–Kier alpha value is -1.37. The Balaban J connectivity index is 2.40. The number of nitrogens with zero attached hydrogens (tertiary/aromatic N) is 3. The minimum absolute atomic E-state index is 0.440. The molecule has 1 aromatic heterocycles. The Morgan fingerprint density at radius 1 is 1.46 bits per heavy atom. The lowest BCUT2D eigenvalue weighted by Crippen LogP contribution is -1.88. The highest BCUT2D eigenvalue weighted by atomic mass is 16.5. The normalized spacial score (nSPS) is 9.85. The van der Waals surface area contributed by atoms with Crippen LogP contribution in [0.2, 0.25) is 0 Å². The first-order chi connectivity index (χ1) is 6.36. The smallest absolute Gasteiger partial charge is 0.227 e. The van der Waals surface area contributed by atoms with Crippen LogP contribution in [0.3, 0.4) is 0 Å². The van der Waals surface area contributed by atoms with Crippen LogP contribution in [0.25, 0.3) is 0 Å². The van der Waals surface area contributed by atoms with Gasteiger partial charge < -0.3 is 4.52 Å². The molecule has 4 heteroatoms. The second-order valence-corrected chi connectivity index (χ2v) is 2.87. The van der Waals surface area contributed by atoms with Gasteiger partial charge in [-0.2, -0.15) is 10.2 Å². The zero-order valence-corrected chi connectivity index (χ0v) is 7.79. The predicted octanol–water partition coefficient (Wildman–Crippen LogP) is 1.87. The maximum Gasteiger partial charge on any atom is 0.227 e. The Morgan fingerprint density at radius 2 is 2.31 bits per heavy atom. The number of hydrogen-bond donors (Lipinski definition) is 0. The summed E-state index contributed by atoms with van der Waals surface area (Å²) in [5.74, 6) is 1.34.